The first kappa shape index (κ1) is 9.48. The molecule has 4 heteroatoms. The van der Waals surface area contributed by atoms with Gasteiger partial charge in [-0.2, -0.15) is 0 Å². The quantitative estimate of drug-likeness (QED) is 0.600. The lowest BCUT2D eigenvalue weighted by Gasteiger charge is -2.21. The van der Waals surface area contributed by atoms with Crippen molar-refractivity contribution in [3.8, 4) is 0 Å². The summed E-state index contributed by atoms with van der Waals surface area (Å²) in [4.78, 5) is 10.3. The fourth-order valence-corrected chi connectivity index (χ4v) is 1.39. The second-order valence-electron chi connectivity index (χ2n) is 3.19. The maximum absolute atomic E-state index is 10.3. The lowest BCUT2D eigenvalue weighted by molar-refractivity contribution is -0.123. The van der Waals surface area contributed by atoms with Crippen molar-refractivity contribution in [2.45, 2.75) is 12.8 Å². The molecule has 0 saturated carbocycles. The molecule has 1 unspecified atom stereocenters. The van der Waals surface area contributed by atoms with E-state index in [4.69, 9.17) is 10.5 Å². The van der Waals surface area contributed by atoms with Crippen LogP contribution in [0.4, 0.5) is 0 Å². The molecule has 4 nitrogen and oxygen atoms in total. The monoisotopic (exact) mass is 172 g/mol. The Hall–Kier alpha value is -0.610. The molecule has 0 bridgehead atoms. The Morgan fingerprint density at radius 3 is 3.08 bits per heavy atom. The third-order valence-corrected chi connectivity index (χ3v) is 2.00. The second kappa shape index (κ2) is 5.11. The summed E-state index contributed by atoms with van der Waals surface area (Å²) in [5, 5.41) is 3.28. The standard InChI is InChI=1S/C8H16N2O2/c9-8(11)6-12-5-7-2-1-3-10-4-7/h7,10H,1-6H2,(H2,9,11). The minimum atomic E-state index is -0.390. The van der Waals surface area contributed by atoms with Crippen molar-refractivity contribution in [2.75, 3.05) is 26.3 Å². The highest BCUT2D eigenvalue weighted by molar-refractivity contribution is 5.74. The minimum absolute atomic E-state index is 0.0521. The Morgan fingerprint density at radius 2 is 2.50 bits per heavy atom. The highest BCUT2D eigenvalue weighted by Crippen LogP contribution is 2.09. The number of amides is 1. The molecule has 0 radical (unpaired) electrons. The van der Waals surface area contributed by atoms with Crippen LogP contribution in [0, 0.1) is 5.92 Å². The van der Waals surface area contributed by atoms with Crippen LogP contribution in [-0.4, -0.2) is 32.2 Å². The first-order valence-corrected chi connectivity index (χ1v) is 4.36. The lowest BCUT2D eigenvalue weighted by Crippen LogP contribution is -2.33. The van der Waals surface area contributed by atoms with Gasteiger partial charge in [0.2, 0.25) is 5.91 Å². The third kappa shape index (κ3) is 3.69. The van der Waals surface area contributed by atoms with E-state index in [2.05, 4.69) is 5.32 Å². The van der Waals surface area contributed by atoms with Gasteiger partial charge in [0.05, 0.1) is 6.61 Å². The maximum Gasteiger partial charge on any atom is 0.243 e. The van der Waals surface area contributed by atoms with Crippen LogP contribution in [0.3, 0.4) is 0 Å². The van der Waals surface area contributed by atoms with Crippen LogP contribution >= 0.6 is 0 Å². The number of nitrogens with two attached hydrogens (primary N) is 1. The van der Waals surface area contributed by atoms with Crippen LogP contribution < -0.4 is 11.1 Å². The molecular weight excluding hydrogens is 156 g/mol. The van der Waals surface area contributed by atoms with E-state index in [1.165, 1.54) is 12.8 Å². The Kier molecular flexibility index (Phi) is 4.04. The average molecular weight is 172 g/mol. The third-order valence-electron chi connectivity index (χ3n) is 2.00. The minimum Gasteiger partial charge on any atom is -0.371 e. The van der Waals surface area contributed by atoms with Crippen molar-refractivity contribution in [1.82, 2.24) is 5.32 Å². The van der Waals surface area contributed by atoms with E-state index in [0.717, 1.165) is 13.1 Å². The van der Waals surface area contributed by atoms with E-state index < -0.39 is 5.91 Å². The van der Waals surface area contributed by atoms with Gasteiger partial charge in [-0.25, -0.2) is 0 Å². The molecule has 1 heterocycles. The number of piperidine rings is 1. The molecule has 1 saturated heterocycles. The van der Waals surface area contributed by atoms with Crippen molar-refractivity contribution >= 4 is 5.91 Å². The van der Waals surface area contributed by atoms with Gasteiger partial charge in [-0.3, -0.25) is 4.79 Å². The van der Waals surface area contributed by atoms with Gasteiger partial charge in [0.1, 0.15) is 6.61 Å². The molecule has 1 aliphatic rings. The molecule has 0 spiro atoms. The predicted molar refractivity (Wildman–Crippen MR) is 45.6 cm³/mol. The molecule has 1 amide bonds. The normalized spacial score (nSPS) is 23.8. The predicted octanol–water partition coefficient (Wildman–Crippen LogP) is -0.512. The van der Waals surface area contributed by atoms with Crippen LogP contribution in [-0.2, 0) is 9.53 Å². The highest BCUT2D eigenvalue weighted by Gasteiger charge is 2.12. The van der Waals surface area contributed by atoms with Gasteiger partial charge in [-0.05, 0) is 25.3 Å². The van der Waals surface area contributed by atoms with Crippen molar-refractivity contribution < 1.29 is 9.53 Å². The fourth-order valence-electron chi connectivity index (χ4n) is 1.39. The number of nitrogens with one attached hydrogen (secondary N) is 1. The molecular formula is C8H16N2O2. The first-order chi connectivity index (χ1) is 5.79. The number of hydrogen-bond acceptors (Lipinski definition) is 3. The molecule has 1 rings (SSSR count). The Bertz CT molecular complexity index is 144. The van der Waals surface area contributed by atoms with Crippen LogP contribution in [0.1, 0.15) is 12.8 Å². The molecule has 12 heavy (non-hydrogen) atoms. The number of primary amides is 1. The zero-order chi connectivity index (χ0) is 8.81. The Morgan fingerprint density at radius 1 is 1.67 bits per heavy atom. The molecule has 1 aliphatic heterocycles. The van der Waals surface area contributed by atoms with Crippen molar-refractivity contribution in [1.29, 1.82) is 0 Å². The second-order valence-corrected chi connectivity index (χ2v) is 3.19. The van der Waals surface area contributed by atoms with Crippen LogP contribution in [0.2, 0.25) is 0 Å². The van der Waals surface area contributed by atoms with Crippen LogP contribution in [0.5, 0.6) is 0 Å². The summed E-state index contributed by atoms with van der Waals surface area (Å²) in [6.45, 7) is 2.80. The zero-order valence-corrected chi connectivity index (χ0v) is 7.21. The van der Waals surface area contributed by atoms with E-state index in [0.29, 0.717) is 12.5 Å². The Labute approximate surface area is 72.5 Å². The average Bonchev–Trinajstić information content (AvgIpc) is 2.05. The highest BCUT2D eigenvalue weighted by atomic mass is 16.5. The van der Waals surface area contributed by atoms with Crippen molar-refractivity contribution in [3.05, 3.63) is 0 Å². The van der Waals surface area contributed by atoms with E-state index in [1.54, 1.807) is 0 Å². The summed E-state index contributed by atoms with van der Waals surface area (Å²) in [7, 11) is 0. The van der Waals surface area contributed by atoms with Crippen LogP contribution in [0.25, 0.3) is 0 Å². The maximum atomic E-state index is 10.3. The fraction of sp³-hybridized carbons (Fsp3) is 0.875. The molecule has 0 aromatic carbocycles. The molecule has 0 aromatic rings. The van der Waals surface area contributed by atoms with Gasteiger partial charge in [-0.15, -0.1) is 0 Å². The summed E-state index contributed by atoms with van der Waals surface area (Å²) in [5.74, 6) is 0.164. The van der Waals surface area contributed by atoms with Gasteiger partial charge in [0.15, 0.2) is 0 Å². The molecule has 3 N–H and O–H groups in total. The number of ether oxygens (including phenoxy) is 1. The smallest absolute Gasteiger partial charge is 0.243 e. The largest absolute Gasteiger partial charge is 0.371 e. The van der Waals surface area contributed by atoms with E-state index in [9.17, 15) is 4.79 Å². The van der Waals surface area contributed by atoms with E-state index >= 15 is 0 Å². The van der Waals surface area contributed by atoms with Gasteiger partial charge < -0.3 is 15.8 Å². The number of rotatable bonds is 4. The summed E-state index contributed by atoms with van der Waals surface area (Å²) in [5.41, 5.74) is 4.93. The number of carbonyl (C=O) groups excluding carboxylic acids is 1. The summed E-state index contributed by atoms with van der Waals surface area (Å²) in [6.07, 6.45) is 2.39. The lowest BCUT2D eigenvalue weighted by atomic mass is 10.0. The summed E-state index contributed by atoms with van der Waals surface area (Å²) < 4.78 is 5.12. The molecule has 70 valence electrons. The van der Waals surface area contributed by atoms with Gasteiger partial charge in [0.25, 0.3) is 0 Å². The van der Waals surface area contributed by atoms with Crippen molar-refractivity contribution in [3.63, 3.8) is 0 Å². The van der Waals surface area contributed by atoms with Gasteiger partial charge in [-0.1, -0.05) is 0 Å². The summed E-state index contributed by atoms with van der Waals surface area (Å²) >= 11 is 0. The Balaban J connectivity index is 2.01. The van der Waals surface area contributed by atoms with E-state index in [1.807, 2.05) is 0 Å². The summed E-state index contributed by atoms with van der Waals surface area (Å²) in [6, 6.07) is 0. The zero-order valence-electron chi connectivity index (χ0n) is 7.21. The first-order valence-electron chi connectivity index (χ1n) is 4.36. The van der Waals surface area contributed by atoms with Gasteiger partial charge in [0, 0.05) is 6.54 Å². The molecule has 1 fully saturated rings. The topological polar surface area (TPSA) is 64.4 Å². The molecule has 1 atom stereocenters. The SMILES string of the molecule is NC(=O)COCC1CCCNC1. The van der Waals surface area contributed by atoms with E-state index in [-0.39, 0.29) is 6.61 Å². The van der Waals surface area contributed by atoms with Crippen LogP contribution in [0.15, 0.2) is 0 Å². The number of carbonyl (C=O) groups is 1. The number of hydrogen-bond donors (Lipinski definition) is 2. The molecule has 0 aliphatic carbocycles. The van der Waals surface area contributed by atoms with Gasteiger partial charge >= 0.3 is 0 Å². The molecule has 0 aromatic heterocycles. The van der Waals surface area contributed by atoms with Crippen molar-refractivity contribution in [2.24, 2.45) is 11.7 Å².